The van der Waals surface area contributed by atoms with Crippen LogP contribution in [0.2, 0.25) is 0 Å². The first kappa shape index (κ1) is 13.9. The molecule has 0 spiro atoms. The van der Waals surface area contributed by atoms with E-state index in [0.29, 0.717) is 24.4 Å². The van der Waals surface area contributed by atoms with Gasteiger partial charge in [0.05, 0.1) is 12.5 Å². The molecule has 7 nitrogen and oxygen atoms in total. The Morgan fingerprint density at radius 1 is 1.23 bits per heavy atom. The minimum atomic E-state index is 0.278. The van der Waals surface area contributed by atoms with Crippen molar-refractivity contribution >= 4 is 0 Å². The second kappa shape index (κ2) is 5.46. The summed E-state index contributed by atoms with van der Waals surface area (Å²) in [5.41, 5.74) is 0. The molecular formula is C15H21N5O2. The molecule has 0 amide bonds. The lowest BCUT2D eigenvalue weighted by Gasteiger charge is -2.36. The molecule has 0 bridgehead atoms. The Bertz CT molecular complexity index is 648. The number of aromatic nitrogens is 4. The minimum Gasteiger partial charge on any atom is -0.425 e. The monoisotopic (exact) mass is 303 g/mol. The van der Waals surface area contributed by atoms with Crippen molar-refractivity contribution in [2.45, 2.75) is 64.0 Å². The van der Waals surface area contributed by atoms with Crippen LogP contribution in [0.1, 0.15) is 67.9 Å². The molecule has 1 saturated heterocycles. The zero-order valence-corrected chi connectivity index (χ0v) is 13.0. The van der Waals surface area contributed by atoms with Gasteiger partial charge in [-0.05, 0) is 39.2 Å². The fraction of sp³-hybridized carbons (Fsp3) is 0.733. The van der Waals surface area contributed by atoms with E-state index >= 15 is 0 Å². The summed E-state index contributed by atoms with van der Waals surface area (Å²) < 4.78 is 11.0. The predicted molar refractivity (Wildman–Crippen MR) is 77.2 cm³/mol. The first-order valence-electron chi connectivity index (χ1n) is 8.07. The van der Waals surface area contributed by atoms with Crippen molar-refractivity contribution in [1.29, 1.82) is 0 Å². The smallest absolute Gasteiger partial charge is 0.240 e. The van der Waals surface area contributed by atoms with E-state index in [9.17, 15) is 0 Å². The molecule has 2 atom stereocenters. The highest BCUT2D eigenvalue weighted by atomic mass is 16.5. The molecule has 0 unspecified atom stereocenters. The molecule has 1 aliphatic heterocycles. The molecular weight excluding hydrogens is 282 g/mol. The molecule has 1 saturated carbocycles. The molecule has 0 N–H and O–H groups in total. The molecule has 4 rings (SSSR count). The maximum Gasteiger partial charge on any atom is 0.240 e. The first-order chi connectivity index (χ1) is 10.7. The van der Waals surface area contributed by atoms with Crippen LogP contribution in [-0.4, -0.2) is 37.8 Å². The van der Waals surface area contributed by atoms with Crippen molar-refractivity contribution in [1.82, 2.24) is 25.2 Å². The van der Waals surface area contributed by atoms with Gasteiger partial charge in [-0.1, -0.05) is 5.16 Å². The van der Waals surface area contributed by atoms with Crippen LogP contribution in [-0.2, 0) is 6.54 Å². The summed E-state index contributed by atoms with van der Waals surface area (Å²) in [5, 5.41) is 12.3. The Kier molecular flexibility index (Phi) is 3.44. The third-order valence-electron chi connectivity index (χ3n) is 4.74. The van der Waals surface area contributed by atoms with E-state index in [2.05, 4.69) is 32.2 Å². The second-order valence-electron chi connectivity index (χ2n) is 6.44. The number of aryl methyl sites for hydroxylation is 1. The van der Waals surface area contributed by atoms with Gasteiger partial charge >= 0.3 is 0 Å². The predicted octanol–water partition coefficient (Wildman–Crippen LogP) is 2.41. The number of rotatable bonds is 4. The van der Waals surface area contributed by atoms with E-state index in [4.69, 9.17) is 8.94 Å². The Labute approximate surface area is 129 Å². The molecule has 2 aliphatic rings. The van der Waals surface area contributed by atoms with Crippen LogP contribution < -0.4 is 0 Å². The number of nitrogens with zero attached hydrogens (tertiary/aromatic N) is 5. The van der Waals surface area contributed by atoms with Gasteiger partial charge in [-0.25, -0.2) is 0 Å². The van der Waals surface area contributed by atoms with Gasteiger partial charge < -0.3 is 8.94 Å². The van der Waals surface area contributed by atoms with E-state index in [-0.39, 0.29) is 5.92 Å². The van der Waals surface area contributed by atoms with Gasteiger partial charge in [0.1, 0.15) is 0 Å². The first-order valence-corrected chi connectivity index (χ1v) is 8.07. The quantitative estimate of drug-likeness (QED) is 0.857. The van der Waals surface area contributed by atoms with Crippen LogP contribution in [0, 0.1) is 6.92 Å². The van der Waals surface area contributed by atoms with E-state index < -0.39 is 0 Å². The van der Waals surface area contributed by atoms with Crippen molar-refractivity contribution in [2.75, 3.05) is 6.54 Å². The van der Waals surface area contributed by atoms with Crippen molar-refractivity contribution in [2.24, 2.45) is 0 Å². The van der Waals surface area contributed by atoms with E-state index in [0.717, 1.165) is 37.0 Å². The second-order valence-corrected chi connectivity index (χ2v) is 6.44. The maximum absolute atomic E-state index is 5.64. The summed E-state index contributed by atoms with van der Waals surface area (Å²) >= 11 is 0. The largest absolute Gasteiger partial charge is 0.425 e. The summed E-state index contributed by atoms with van der Waals surface area (Å²) in [5.74, 6) is 3.79. The van der Waals surface area contributed by atoms with Gasteiger partial charge in [-0.3, -0.25) is 4.90 Å². The normalized spacial score (nSPS) is 26.5. The third kappa shape index (κ3) is 2.65. The standard InChI is InChI=1S/C15H21N5O2/c1-9-12(15-18-17-10(2)21-15)4-3-7-20(9)8-13-16-14(19-22-13)11-5-6-11/h9,11-12H,3-8H2,1-2H3/t9-,12-/m0/s1. The van der Waals surface area contributed by atoms with Crippen LogP contribution in [0.25, 0.3) is 0 Å². The van der Waals surface area contributed by atoms with Crippen molar-refractivity contribution in [3.63, 3.8) is 0 Å². The SMILES string of the molecule is Cc1nnc([C@H]2CCCN(Cc3nc(C4CC4)no3)[C@H]2C)o1. The molecule has 1 aliphatic carbocycles. The minimum absolute atomic E-state index is 0.278. The zero-order valence-electron chi connectivity index (χ0n) is 13.0. The lowest BCUT2D eigenvalue weighted by atomic mass is 9.90. The summed E-state index contributed by atoms with van der Waals surface area (Å²) in [4.78, 5) is 6.90. The van der Waals surface area contributed by atoms with Crippen molar-refractivity contribution in [3.8, 4) is 0 Å². The average molecular weight is 303 g/mol. The van der Waals surface area contributed by atoms with E-state index in [1.165, 1.54) is 12.8 Å². The molecule has 2 fully saturated rings. The van der Waals surface area contributed by atoms with Crippen LogP contribution in [0.15, 0.2) is 8.94 Å². The van der Waals surface area contributed by atoms with Crippen molar-refractivity contribution < 1.29 is 8.94 Å². The highest BCUT2D eigenvalue weighted by molar-refractivity contribution is 5.04. The fourth-order valence-electron chi connectivity index (χ4n) is 3.24. The highest BCUT2D eigenvalue weighted by Crippen LogP contribution is 2.38. The molecule has 7 heteroatoms. The van der Waals surface area contributed by atoms with Gasteiger partial charge in [-0.15, -0.1) is 10.2 Å². The Morgan fingerprint density at radius 3 is 2.82 bits per heavy atom. The Balaban J connectivity index is 1.46. The van der Waals surface area contributed by atoms with Gasteiger partial charge in [-0.2, -0.15) is 4.98 Å². The van der Waals surface area contributed by atoms with Crippen LogP contribution in [0.4, 0.5) is 0 Å². The molecule has 0 aromatic carbocycles. The lowest BCUT2D eigenvalue weighted by Crippen LogP contribution is -2.41. The summed E-state index contributed by atoms with van der Waals surface area (Å²) in [6.07, 6.45) is 4.58. The highest BCUT2D eigenvalue weighted by Gasteiger charge is 2.34. The van der Waals surface area contributed by atoms with E-state index in [1.807, 2.05) is 6.92 Å². The van der Waals surface area contributed by atoms with Crippen LogP contribution in [0.5, 0.6) is 0 Å². The molecule has 2 aromatic rings. The molecule has 118 valence electrons. The number of hydrogen-bond acceptors (Lipinski definition) is 7. The topological polar surface area (TPSA) is 81.1 Å². The Hall–Kier alpha value is -1.76. The van der Waals surface area contributed by atoms with Crippen LogP contribution in [0.3, 0.4) is 0 Å². The number of likely N-dealkylation sites (tertiary alicyclic amines) is 1. The summed E-state index contributed by atoms with van der Waals surface area (Å²) in [6, 6.07) is 0.324. The summed E-state index contributed by atoms with van der Waals surface area (Å²) in [7, 11) is 0. The van der Waals surface area contributed by atoms with Gasteiger partial charge in [0.15, 0.2) is 5.82 Å². The molecule has 3 heterocycles. The molecule has 22 heavy (non-hydrogen) atoms. The zero-order chi connectivity index (χ0) is 15.1. The van der Waals surface area contributed by atoms with Gasteiger partial charge in [0.25, 0.3) is 0 Å². The Morgan fingerprint density at radius 2 is 2.09 bits per heavy atom. The van der Waals surface area contributed by atoms with Crippen molar-refractivity contribution in [3.05, 3.63) is 23.5 Å². The average Bonchev–Trinajstić information content (AvgIpc) is 3.11. The summed E-state index contributed by atoms with van der Waals surface area (Å²) in [6.45, 7) is 5.78. The lowest BCUT2D eigenvalue weighted by molar-refractivity contribution is 0.105. The number of hydrogen-bond donors (Lipinski definition) is 0. The van der Waals surface area contributed by atoms with Crippen LogP contribution >= 0.6 is 0 Å². The van der Waals surface area contributed by atoms with Gasteiger partial charge in [0.2, 0.25) is 17.7 Å². The third-order valence-corrected chi connectivity index (χ3v) is 4.74. The maximum atomic E-state index is 5.64. The molecule has 0 radical (unpaired) electrons. The molecule has 2 aromatic heterocycles. The fourth-order valence-corrected chi connectivity index (χ4v) is 3.24. The number of piperidine rings is 1. The van der Waals surface area contributed by atoms with Gasteiger partial charge in [0, 0.05) is 18.9 Å². The van der Waals surface area contributed by atoms with E-state index in [1.54, 1.807) is 0 Å².